The first kappa shape index (κ1) is 29.3. The third-order valence-electron chi connectivity index (χ3n) is 12.9. The lowest BCUT2D eigenvalue weighted by Crippen LogP contribution is -2.29. The van der Waals surface area contributed by atoms with Gasteiger partial charge in [0, 0.05) is 0 Å². The average molecular weight is 673 g/mol. The fraction of sp³-hybridized carbons (Fsp3) is 0.0943. The van der Waals surface area contributed by atoms with Crippen molar-refractivity contribution in [2.24, 2.45) is 0 Å². The van der Waals surface area contributed by atoms with Crippen molar-refractivity contribution in [2.75, 3.05) is 0 Å². The second kappa shape index (κ2) is 10.9. The van der Waals surface area contributed by atoms with E-state index in [2.05, 4.69) is 170 Å². The van der Waals surface area contributed by atoms with Crippen LogP contribution < -0.4 is 0 Å². The summed E-state index contributed by atoms with van der Waals surface area (Å²) in [6.45, 7) is 0. The van der Waals surface area contributed by atoms with Gasteiger partial charge in [0.05, 0.1) is 5.41 Å². The van der Waals surface area contributed by atoms with Crippen molar-refractivity contribution in [2.45, 2.75) is 31.1 Å². The highest BCUT2D eigenvalue weighted by atomic mass is 14.5. The van der Waals surface area contributed by atoms with E-state index in [-0.39, 0.29) is 0 Å². The lowest BCUT2D eigenvalue weighted by atomic mass is 9.66. The first-order valence-electron chi connectivity index (χ1n) is 19.2. The normalized spacial score (nSPS) is 14.6. The summed E-state index contributed by atoms with van der Waals surface area (Å²) in [6.07, 6.45) is 4.68. The molecule has 9 aromatic rings. The van der Waals surface area contributed by atoms with Crippen LogP contribution in [0.25, 0.3) is 65.7 Å². The predicted octanol–water partition coefficient (Wildman–Crippen LogP) is 13.0. The maximum absolute atomic E-state index is 2.61. The Balaban J connectivity index is 1.26. The van der Waals surface area contributed by atoms with Gasteiger partial charge in [0.2, 0.25) is 0 Å². The zero-order chi connectivity index (χ0) is 34.7. The van der Waals surface area contributed by atoms with Crippen molar-refractivity contribution in [3.8, 4) is 33.4 Å². The van der Waals surface area contributed by atoms with Crippen molar-refractivity contribution in [3.63, 3.8) is 0 Å². The van der Waals surface area contributed by atoms with Crippen LogP contribution in [0, 0.1) is 0 Å². The van der Waals surface area contributed by atoms with Crippen LogP contribution in [0.5, 0.6) is 0 Å². The molecule has 0 saturated carbocycles. The third-order valence-corrected chi connectivity index (χ3v) is 12.9. The Bertz CT molecular complexity index is 2890. The molecule has 0 heterocycles. The monoisotopic (exact) mass is 672 g/mol. The van der Waals surface area contributed by atoms with Crippen LogP contribution in [-0.4, -0.2) is 0 Å². The van der Waals surface area contributed by atoms with Crippen LogP contribution in [0.1, 0.15) is 44.5 Å². The second-order valence-electron chi connectivity index (χ2n) is 15.4. The number of benzene rings is 9. The summed E-state index contributed by atoms with van der Waals surface area (Å²) in [5.41, 5.74) is 19.0. The van der Waals surface area contributed by atoms with E-state index in [0.29, 0.717) is 0 Å². The molecule has 9 aromatic carbocycles. The molecular weight excluding hydrogens is 637 g/mol. The van der Waals surface area contributed by atoms with Gasteiger partial charge < -0.3 is 0 Å². The van der Waals surface area contributed by atoms with E-state index in [1.165, 1.54) is 123 Å². The Hall–Kier alpha value is -6.24. The Morgan fingerprint density at radius 1 is 0.302 bits per heavy atom. The van der Waals surface area contributed by atoms with Crippen molar-refractivity contribution < 1.29 is 0 Å². The van der Waals surface area contributed by atoms with Gasteiger partial charge in [-0.15, -0.1) is 0 Å². The van der Waals surface area contributed by atoms with Crippen LogP contribution >= 0.6 is 0 Å². The quantitative estimate of drug-likeness (QED) is 0.163. The highest BCUT2D eigenvalue weighted by Gasteiger charge is 2.48. The summed E-state index contributed by atoms with van der Waals surface area (Å²) in [7, 11) is 0. The minimum Gasteiger partial charge on any atom is -0.0622 e. The molecule has 0 atom stereocenters. The van der Waals surface area contributed by atoms with Gasteiger partial charge in [0.1, 0.15) is 0 Å². The zero-order valence-electron chi connectivity index (χ0n) is 29.5. The molecule has 3 aliphatic rings. The average Bonchev–Trinajstić information content (AvgIpc) is 3.48. The molecule has 0 radical (unpaired) electrons. The van der Waals surface area contributed by atoms with Crippen LogP contribution in [0.15, 0.2) is 170 Å². The number of rotatable bonds is 4. The molecule has 0 unspecified atom stereocenters. The van der Waals surface area contributed by atoms with E-state index < -0.39 is 5.41 Å². The Morgan fingerprint density at radius 3 is 1.32 bits per heavy atom. The number of hydrogen-bond acceptors (Lipinski definition) is 0. The topological polar surface area (TPSA) is 0 Å². The zero-order valence-corrected chi connectivity index (χ0v) is 29.5. The van der Waals surface area contributed by atoms with Gasteiger partial charge in [0.25, 0.3) is 0 Å². The summed E-state index contributed by atoms with van der Waals surface area (Å²) in [6, 6.07) is 65.0. The lowest BCUT2D eigenvalue weighted by molar-refractivity contribution is 0.756. The van der Waals surface area contributed by atoms with Crippen LogP contribution in [0.2, 0.25) is 0 Å². The van der Waals surface area contributed by atoms with E-state index in [9.17, 15) is 0 Å². The van der Waals surface area contributed by atoms with E-state index in [1.807, 2.05) is 0 Å². The molecular formula is C53H36. The molecule has 248 valence electrons. The molecule has 0 nitrogen and oxygen atoms in total. The van der Waals surface area contributed by atoms with Gasteiger partial charge in [-0.2, -0.15) is 0 Å². The standard InChI is InChI=1S/C53H36/c1-3-13-38(14-4-1)53(39-15-5-2-6-16-39)48-31-36-27-26-35(36)30-47(48)52-41-18-8-7-17-40(41)46(32-49(52)53)51-44-21-11-9-19-42(44)50(43-20-10-12-22-45(43)51)37-28-24-33-23-25-34(33)29-37/h1-22,24,28-32H,23,25-27H2. The molecule has 0 aliphatic heterocycles. The lowest BCUT2D eigenvalue weighted by Gasteiger charge is -2.35. The molecule has 0 aromatic heterocycles. The van der Waals surface area contributed by atoms with Gasteiger partial charge in [-0.3, -0.25) is 0 Å². The van der Waals surface area contributed by atoms with Crippen molar-refractivity contribution in [1.82, 2.24) is 0 Å². The largest absolute Gasteiger partial charge is 0.0714 e. The van der Waals surface area contributed by atoms with Crippen LogP contribution in [0.3, 0.4) is 0 Å². The summed E-state index contributed by atoms with van der Waals surface area (Å²) in [5, 5.41) is 7.86. The fourth-order valence-electron chi connectivity index (χ4n) is 10.3. The summed E-state index contributed by atoms with van der Waals surface area (Å²) >= 11 is 0. The minimum absolute atomic E-state index is 0.464. The Labute approximate surface area is 310 Å². The van der Waals surface area contributed by atoms with E-state index >= 15 is 0 Å². The van der Waals surface area contributed by atoms with Crippen molar-refractivity contribution in [3.05, 3.63) is 214 Å². The molecule has 0 spiro atoms. The van der Waals surface area contributed by atoms with E-state index in [4.69, 9.17) is 0 Å². The number of aryl methyl sites for hydroxylation is 4. The Morgan fingerprint density at radius 2 is 0.774 bits per heavy atom. The van der Waals surface area contributed by atoms with Gasteiger partial charge >= 0.3 is 0 Å². The highest BCUT2D eigenvalue weighted by molar-refractivity contribution is 6.24. The summed E-state index contributed by atoms with van der Waals surface area (Å²) < 4.78 is 0. The highest BCUT2D eigenvalue weighted by Crippen LogP contribution is 2.60. The first-order valence-corrected chi connectivity index (χ1v) is 19.2. The minimum atomic E-state index is -0.464. The Kier molecular flexibility index (Phi) is 6.03. The molecule has 3 aliphatic carbocycles. The third kappa shape index (κ3) is 3.91. The smallest absolute Gasteiger partial charge is 0.0622 e. The number of fused-ring (bicyclic) bond motifs is 9. The van der Waals surface area contributed by atoms with Crippen LogP contribution in [0.4, 0.5) is 0 Å². The first-order chi connectivity index (χ1) is 26.3. The molecule has 53 heavy (non-hydrogen) atoms. The van der Waals surface area contributed by atoms with Gasteiger partial charge in [0.15, 0.2) is 0 Å². The molecule has 0 N–H and O–H groups in total. The van der Waals surface area contributed by atoms with Crippen molar-refractivity contribution in [1.29, 1.82) is 0 Å². The maximum Gasteiger partial charge on any atom is 0.0714 e. The SMILES string of the molecule is c1ccc(C2(c3ccccc3)c3cc4c(cc3-c3c2cc(-c2c5ccccc5c(-c5ccc6c(c5)CC6)c5ccccc25)c2ccccc32)CC4)cc1. The molecule has 0 fully saturated rings. The fourth-order valence-corrected chi connectivity index (χ4v) is 10.3. The van der Waals surface area contributed by atoms with Crippen molar-refractivity contribution >= 4 is 32.3 Å². The van der Waals surface area contributed by atoms with Crippen LogP contribution in [-0.2, 0) is 31.1 Å². The van der Waals surface area contributed by atoms with E-state index in [1.54, 1.807) is 0 Å². The summed E-state index contributed by atoms with van der Waals surface area (Å²) in [4.78, 5) is 0. The molecule has 0 amide bonds. The molecule has 0 bridgehead atoms. The molecule has 0 saturated heterocycles. The van der Waals surface area contributed by atoms with Gasteiger partial charge in [-0.05, 0) is 142 Å². The van der Waals surface area contributed by atoms with Gasteiger partial charge in [-0.1, -0.05) is 164 Å². The summed E-state index contributed by atoms with van der Waals surface area (Å²) in [5.74, 6) is 0. The molecule has 0 heteroatoms. The predicted molar refractivity (Wildman–Crippen MR) is 222 cm³/mol. The molecule has 12 rings (SSSR count). The number of hydrogen-bond donors (Lipinski definition) is 0. The maximum atomic E-state index is 2.61. The van der Waals surface area contributed by atoms with E-state index in [0.717, 1.165) is 12.8 Å². The second-order valence-corrected chi connectivity index (χ2v) is 15.4. The van der Waals surface area contributed by atoms with Gasteiger partial charge in [-0.25, -0.2) is 0 Å².